The number of nitrogens with one attached hydrogen (secondary N) is 1. The SMILES string of the molecule is C#CC1(O)C2C[C@@H](S(=O)(=O)N[C@H]3CC4=C(c5ccn(C(F)F)n5)CN=C(c5nccs5)N4C3)C[C@@H]1[C@@H](C)C2. The van der Waals surface area contributed by atoms with E-state index in [0.717, 1.165) is 5.70 Å². The summed E-state index contributed by atoms with van der Waals surface area (Å²) in [6.45, 7) is -0.175. The normalized spacial score (nSPS) is 33.0. The van der Waals surface area contributed by atoms with Crippen LogP contribution < -0.4 is 4.72 Å². The van der Waals surface area contributed by atoms with E-state index in [9.17, 15) is 22.3 Å². The van der Waals surface area contributed by atoms with Crippen molar-refractivity contribution in [2.75, 3.05) is 13.1 Å². The van der Waals surface area contributed by atoms with Gasteiger partial charge in [-0.3, -0.25) is 4.99 Å². The molecule has 0 radical (unpaired) electrons. The Balaban J connectivity index is 1.27. The zero-order valence-electron chi connectivity index (χ0n) is 20.7. The van der Waals surface area contributed by atoms with E-state index in [1.165, 1.54) is 23.6 Å². The summed E-state index contributed by atoms with van der Waals surface area (Å²) < 4.78 is 57.1. The zero-order valence-corrected chi connectivity index (χ0v) is 22.3. The topological polar surface area (TPSA) is 113 Å². The molecule has 2 unspecified atom stereocenters. The number of hydrogen-bond acceptors (Lipinski definition) is 8. The minimum absolute atomic E-state index is 0.152. The summed E-state index contributed by atoms with van der Waals surface area (Å²) in [6.07, 6.45) is 10.3. The third-order valence-electron chi connectivity index (χ3n) is 8.50. The van der Waals surface area contributed by atoms with Gasteiger partial charge in [-0.1, -0.05) is 12.8 Å². The molecule has 2 aromatic heterocycles. The second-order valence-corrected chi connectivity index (χ2v) is 13.5. The van der Waals surface area contributed by atoms with Crippen LogP contribution in [-0.2, 0) is 10.0 Å². The van der Waals surface area contributed by atoms with Crippen molar-refractivity contribution in [1.82, 2.24) is 24.4 Å². The standard InChI is InChI=1S/C25H28F2N6O3S2/c1-3-25(34)15-8-14(2)19(25)11-17(9-15)38(35,36)31-16-10-21-18(20-4-6-33(30-20)24(26)27)12-29-22(32(21)13-16)23-28-5-7-37-23/h1,4-7,14-17,19,24,31,34H,8-13H2,2H3/t14-,15?,16-,17+,19+,25?/m0/s1. The second kappa shape index (κ2) is 9.22. The van der Waals surface area contributed by atoms with Crippen molar-refractivity contribution in [3.8, 4) is 12.3 Å². The Hall–Kier alpha value is -2.66. The lowest BCUT2D eigenvalue weighted by molar-refractivity contribution is -0.0108. The lowest BCUT2D eigenvalue weighted by atomic mass is 9.74. The van der Waals surface area contributed by atoms with E-state index in [0.29, 0.717) is 59.0 Å². The Morgan fingerprint density at radius 1 is 1.34 bits per heavy atom. The van der Waals surface area contributed by atoms with E-state index in [1.807, 2.05) is 17.2 Å². The number of aliphatic hydroxyl groups is 1. The number of sulfonamides is 1. The number of hydrogen-bond donors (Lipinski definition) is 2. The second-order valence-electron chi connectivity index (χ2n) is 10.6. The Morgan fingerprint density at radius 3 is 2.82 bits per heavy atom. The minimum Gasteiger partial charge on any atom is -0.377 e. The summed E-state index contributed by atoms with van der Waals surface area (Å²) in [5.74, 6) is 2.83. The molecule has 2 N–H and O–H groups in total. The summed E-state index contributed by atoms with van der Waals surface area (Å²) in [6, 6.07) is 1.08. The largest absolute Gasteiger partial charge is 0.377 e. The van der Waals surface area contributed by atoms with Gasteiger partial charge in [-0.2, -0.15) is 13.9 Å². The van der Waals surface area contributed by atoms with Crippen molar-refractivity contribution in [2.45, 2.75) is 56.0 Å². The van der Waals surface area contributed by atoms with Gasteiger partial charge < -0.3 is 10.0 Å². The van der Waals surface area contributed by atoms with Crippen molar-refractivity contribution in [3.63, 3.8) is 0 Å². The monoisotopic (exact) mass is 562 g/mol. The van der Waals surface area contributed by atoms with Crippen molar-refractivity contribution >= 4 is 32.8 Å². The number of halogens is 2. The van der Waals surface area contributed by atoms with E-state index >= 15 is 0 Å². The maximum absolute atomic E-state index is 13.6. The molecule has 202 valence electrons. The number of nitrogens with zero attached hydrogens (tertiary/aromatic N) is 5. The van der Waals surface area contributed by atoms with Crippen molar-refractivity contribution in [1.29, 1.82) is 0 Å². The van der Waals surface area contributed by atoms with Crippen LogP contribution in [0.3, 0.4) is 0 Å². The molecule has 2 bridgehead atoms. The van der Waals surface area contributed by atoms with Crippen LogP contribution in [0.2, 0.25) is 0 Å². The molecule has 0 amide bonds. The molecule has 3 fully saturated rings. The fraction of sp³-hybridized carbons (Fsp3) is 0.560. The average Bonchev–Trinajstić information content (AvgIpc) is 3.66. The first kappa shape index (κ1) is 25.6. The highest BCUT2D eigenvalue weighted by Gasteiger charge is 2.58. The third kappa shape index (κ3) is 4.09. The van der Waals surface area contributed by atoms with Crippen molar-refractivity contribution in [3.05, 3.63) is 40.2 Å². The average molecular weight is 563 g/mol. The lowest BCUT2D eigenvalue weighted by Crippen LogP contribution is -2.51. The van der Waals surface area contributed by atoms with E-state index < -0.39 is 33.5 Å². The fourth-order valence-corrected chi connectivity index (χ4v) is 9.14. The van der Waals surface area contributed by atoms with Crippen LogP contribution in [0.4, 0.5) is 8.78 Å². The molecule has 1 saturated heterocycles. The predicted octanol–water partition coefficient (Wildman–Crippen LogP) is 2.70. The highest BCUT2D eigenvalue weighted by molar-refractivity contribution is 7.90. The number of alkyl halides is 2. The van der Waals surface area contributed by atoms with E-state index in [2.05, 4.69) is 25.7 Å². The maximum atomic E-state index is 13.6. The highest BCUT2D eigenvalue weighted by Crippen LogP contribution is 2.53. The first-order valence-electron chi connectivity index (χ1n) is 12.6. The molecule has 6 rings (SSSR count). The molecule has 2 saturated carbocycles. The van der Waals surface area contributed by atoms with Crippen molar-refractivity contribution < 1.29 is 22.3 Å². The van der Waals surface area contributed by atoms with E-state index in [4.69, 9.17) is 6.42 Å². The quantitative estimate of drug-likeness (QED) is 0.524. The van der Waals surface area contributed by atoms with Gasteiger partial charge in [0.1, 0.15) is 5.60 Å². The Kier molecular flexibility index (Phi) is 6.21. The molecule has 0 spiro atoms. The van der Waals surface area contributed by atoms with Crippen LogP contribution in [0, 0.1) is 30.1 Å². The maximum Gasteiger partial charge on any atom is 0.333 e. The van der Waals surface area contributed by atoms with Crippen molar-refractivity contribution in [2.24, 2.45) is 22.7 Å². The highest BCUT2D eigenvalue weighted by atomic mass is 32.2. The van der Waals surface area contributed by atoms with Gasteiger partial charge in [0, 0.05) is 59.9 Å². The number of fused-ring (bicyclic) bond motifs is 3. The molecule has 4 heterocycles. The summed E-state index contributed by atoms with van der Waals surface area (Å²) in [5.41, 5.74) is 0.633. The Labute approximate surface area is 223 Å². The number of aromatic nitrogens is 3. The number of aliphatic imine (C=N–C) groups is 1. The third-order valence-corrected chi connectivity index (χ3v) is 11.2. The molecule has 13 heteroatoms. The minimum atomic E-state index is -3.73. The smallest absolute Gasteiger partial charge is 0.333 e. The summed E-state index contributed by atoms with van der Waals surface area (Å²) in [4.78, 5) is 11.0. The fourth-order valence-electron chi connectivity index (χ4n) is 6.72. The molecule has 4 aliphatic rings. The molecule has 0 aromatic carbocycles. The molecular formula is C25H28F2N6O3S2. The number of terminal acetylenes is 1. The van der Waals surface area contributed by atoms with Crippen LogP contribution in [-0.4, -0.2) is 69.0 Å². The van der Waals surface area contributed by atoms with Crippen LogP contribution in [0.1, 0.15) is 49.9 Å². The van der Waals surface area contributed by atoms with Crippen LogP contribution in [0.25, 0.3) is 5.57 Å². The van der Waals surface area contributed by atoms with Gasteiger partial charge in [0.25, 0.3) is 0 Å². The van der Waals surface area contributed by atoms with Gasteiger partial charge >= 0.3 is 6.55 Å². The van der Waals surface area contributed by atoms with Gasteiger partial charge in [0.2, 0.25) is 10.0 Å². The Morgan fingerprint density at radius 2 is 2.16 bits per heavy atom. The van der Waals surface area contributed by atoms with Gasteiger partial charge in [0.05, 0.1) is 17.5 Å². The van der Waals surface area contributed by atoms with Gasteiger partial charge in [-0.05, 0) is 31.2 Å². The van der Waals surface area contributed by atoms with E-state index in [1.54, 1.807) is 6.20 Å². The number of thiazole rings is 1. The molecule has 2 aliphatic carbocycles. The summed E-state index contributed by atoms with van der Waals surface area (Å²) >= 11 is 1.43. The summed E-state index contributed by atoms with van der Waals surface area (Å²) in [7, 11) is -3.73. The molecule has 2 aromatic rings. The van der Waals surface area contributed by atoms with Gasteiger partial charge in [-0.25, -0.2) is 22.8 Å². The molecule has 2 aliphatic heterocycles. The van der Waals surface area contributed by atoms with Crippen LogP contribution in [0.5, 0.6) is 0 Å². The first-order chi connectivity index (χ1) is 18.1. The lowest BCUT2D eigenvalue weighted by Gasteiger charge is -2.39. The van der Waals surface area contributed by atoms with Gasteiger partial charge in [0.15, 0.2) is 10.8 Å². The first-order valence-corrected chi connectivity index (χ1v) is 15.0. The van der Waals surface area contributed by atoms with Crippen LogP contribution in [0.15, 0.2) is 34.5 Å². The molecule has 9 nitrogen and oxygen atoms in total. The predicted molar refractivity (Wildman–Crippen MR) is 139 cm³/mol. The molecule has 38 heavy (non-hydrogen) atoms. The van der Waals surface area contributed by atoms with Gasteiger partial charge in [-0.15, -0.1) is 17.8 Å². The zero-order chi connectivity index (χ0) is 26.8. The molecular weight excluding hydrogens is 534 g/mol. The number of amidine groups is 1. The molecule has 6 atom stereocenters. The van der Waals surface area contributed by atoms with Crippen LogP contribution >= 0.6 is 11.3 Å². The summed E-state index contributed by atoms with van der Waals surface area (Å²) in [5, 5.41) is 16.9. The number of rotatable bonds is 6. The Bertz CT molecular complexity index is 1450. The van der Waals surface area contributed by atoms with E-state index in [-0.39, 0.29) is 24.3 Å².